The highest BCUT2D eigenvalue weighted by Gasteiger charge is 2.55. The summed E-state index contributed by atoms with van der Waals surface area (Å²) in [6.07, 6.45) is 6.20. The van der Waals surface area contributed by atoms with E-state index >= 15 is 0 Å². The normalized spacial score (nSPS) is 29.7. The predicted octanol–water partition coefficient (Wildman–Crippen LogP) is 0.826. The van der Waals surface area contributed by atoms with E-state index in [1.807, 2.05) is 31.7 Å². The van der Waals surface area contributed by atoms with Gasteiger partial charge < -0.3 is 14.8 Å². The number of imidazole rings is 1. The van der Waals surface area contributed by atoms with Crippen LogP contribution in [0.15, 0.2) is 12.4 Å². The molecule has 1 saturated heterocycles. The maximum Gasteiger partial charge on any atom is 0.249 e. The minimum absolute atomic E-state index is 0.0273. The van der Waals surface area contributed by atoms with Crippen LogP contribution in [-0.4, -0.2) is 37.8 Å². The highest BCUT2D eigenvalue weighted by atomic mass is 16.2. The predicted molar refractivity (Wildman–Crippen MR) is 77.1 cm³/mol. The van der Waals surface area contributed by atoms with Crippen LogP contribution in [0.1, 0.15) is 38.9 Å². The molecule has 2 fully saturated rings. The summed E-state index contributed by atoms with van der Waals surface area (Å²) in [5.74, 6) is 1.06. The first-order valence-electron chi connectivity index (χ1n) is 7.56. The molecule has 1 aliphatic carbocycles. The molecular weight excluding hydrogens is 268 g/mol. The summed E-state index contributed by atoms with van der Waals surface area (Å²) in [6.45, 7) is 4.18. The smallest absolute Gasteiger partial charge is 0.249 e. The van der Waals surface area contributed by atoms with E-state index in [0.717, 1.165) is 18.7 Å². The van der Waals surface area contributed by atoms with Gasteiger partial charge in [-0.2, -0.15) is 0 Å². The van der Waals surface area contributed by atoms with Gasteiger partial charge in [-0.1, -0.05) is 6.92 Å². The molecule has 0 radical (unpaired) electrons. The van der Waals surface area contributed by atoms with Gasteiger partial charge in [-0.05, 0) is 32.1 Å². The van der Waals surface area contributed by atoms with Crippen LogP contribution in [0.4, 0.5) is 0 Å². The van der Waals surface area contributed by atoms with Crippen LogP contribution in [0.3, 0.4) is 0 Å². The lowest BCUT2D eigenvalue weighted by molar-refractivity contribution is -0.156. The second-order valence-corrected chi connectivity index (χ2v) is 6.28. The van der Waals surface area contributed by atoms with E-state index in [1.54, 1.807) is 11.1 Å². The first-order valence-corrected chi connectivity index (χ1v) is 7.56. The molecule has 1 aromatic heterocycles. The number of piperazine rings is 1. The van der Waals surface area contributed by atoms with Gasteiger partial charge in [-0.25, -0.2) is 4.98 Å². The summed E-state index contributed by atoms with van der Waals surface area (Å²) < 4.78 is 1.89. The lowest BCUT2D eigenvalue weighted by Crippen LogP contribution is -2.69. The molecule has 1 N–H and O–H groups in total. The molecule has 1 saturated carbocycles. The van der Waals surface area contributed by atoms with Crippen molar-refractivity contribution in [3.63, 3.8) is 0 Å². The van der Waals surface area contributed by atoms with E-state index in [4.69, 9.17) is 0 Å². The molecule has 0 aromatic carbocycles. The fourth-order valence-electron chi connectivity index (χ4n) is 3.20. The maximum atomic E-state index is 13.0. The maximum absolute atomic E-state index is 13.0. The summed E-state index contributed by atoms with van der Waals surface area (Å²) in [5, 5.41) is 2.97. The molecule has 2 unspecified atom stereocenters. The number of aromatic nitrogens is 2. The first-order chi connectivity index (χ1) is 9.97. The molecule has 6 heteroatoms. The Labute approximate surface area is 124 Å². The third kappa shape index (κ3) is 2.22. The molecular formula is C15H22N4O2. The number of nitrogens with zero attached hydrogens (tertiary/aromatic N) is 3. The fourth-order valence-corrected chi connectivity index (χ4v) is 3.20. The van der Waals surface area contributed by atoms with Crippen LogP contribution in [-0.2, 0) is 23.2 Å². The lowest BCUT2D eigenvalue weighted by atomic mass is 9.89. The van der Waals surface area contributed by atoms with E-state index < -0.39 is 11.6 Å². The van der Waals surface area contributed by atoms with Crippen molar-refractivity contribution in [2.24, 2.45) is 13.0 Å². The van der Waals surface area contributed by atoms with Gasteiger partial charge in [-0.15, -0.1) is 0 Å². The molecule has 1 aliphatic heterocycles. The van der Waals surface area contributed by atoms with Crippen molar-refractivity contribution in [2.75, 3.05) is 0 Å². The van der Waals surface area contributed by atoms with Crippen LogP contribution >= 0.6 is 0 Å². The van der Waals surface area contributed by atoms with Gasteiger partial charge >= 0.3 is 0 Å². The zero-order chi connectivity index (χ0) is 15.2. The van der Waals surface area contributed by atoms with Crippen molar-refractivity contribution < 1.29 is 9.59 Å². The van der Waals surface area contributed by atoms with Crippen LogP contribution < -0.4 is 5.32 Å². The van der Waals surface area contributed by atoms with Gasteiger partial charge in [0.25, 0.3) is 0 Å². The minimum atomic E-state index is -0.742. The van der Waals surface area contributed by atoms with E-state index in [2.05, 4.69) is 10.3 Å². The second kappa shape index (κ2) is 4.86. The van der Waals surface area contributed by atoms with Gasteiger partial charge in [0, 0.05) is 19.4 Å². The van der Waals surface area contributed by atoms with Crippen LogP contribution in [0, 0.1) is 5.92 Å². The van der Waals surface area contributed by atoms with Crippen molar-refractivity contribution in [2.45, 2.75) is 51.2 Å². The Bertz CT molecular complexity index is 578. The van der Waals surface area contributed by atoms with Gasteiger partial charge in [-0.3, -0.25) is 9.59 Å². The lowest BCUT2D eigenvalue weighted by Gasteiger charge is -2.44. The Kier molecular flexibility index (Phi) is 3.26. The molecule has 2 atom stereocenters. The van der Waals surface area contributed by atoms with Gasteiger partial charge in [0.1, 0.15) is 17.4 Å². The number of amides is 2. The monoisotopic (exact) mass is 290 g/mol. The largest absolute Gasteiger partial charge is 0.340 e. The molecule has 114 valence electrons. The number of nitrogens with one attached hydrogen (secondary N) is 1. The van der Waals surface area contributed by atoms with E-state index in [-0.39, 0.29) is 17.7 Å². The Morgan fingerprint density at radius 2 is 2.14 bits per heavy atom. The van der Waals surface area contributed by atoms with Gasteiger partial charge in [0.2, 0.25) is 11.8 Å². The van der Waals surface area contributed by atoms with E-state index in [9.17, 15) is 9.59 Å². The van der Waals surface area contributed by atoms with Gasteiger partial charge in [0.05, 0.1) is 6.54 Å². The highest BCUT2D eigenvalue weighted by Crippen LogP contribution is 2.42. The fraction of sp³-hybridized carbons (Fsp3) is 0.667. The second-order valence-electron chi connectivity index (χ2n) is 6.28. The number of aryl methyl sites for hydroxylation is 1. The zero-order valence-corrected chi connectivity index (χ0v) is 12.8. The average molecular weight is 290 g/mol. The summed E-state index contributed by atoms with van der Waals surface area (Å²) >= 11 is 0. The first kappa shape index (κ1) is 14.1. The summed E-state index contributed by atoms with van der Waals surface area (Å²) in [5.41, 5.74) is -0.742. The van der Waals surface area contributed by atoms with Crippen molar-refractivity contribution >= 4 is 11.8 Å². The van der Waals surface area contributed by atoms with Crippen molar-refractivity contribution in [1.82, 2.24) is 19.8 Å². The topological polar surface area (TPSA) is 67.2 Å². The molecule has 2 amide bonds. The molecule has 1 aromatic rings. The SMILES string of the molecule is CCC1C(=O)NC(C)(C2CC2)C(=O)N1Cc1nccn1C. The Balaban J connectivity index is 1.91. The summed E-state index contributed by atoms with van der Waals surface area (Å²) in [7, 11) is 1.90. The Morgan fingerprint density at radius 1 is 1.43 bits per heavy atom. The third-order valence-corrected chi connectivity index (χ3v) is 4.78. The molecule has 3 rings (SSSR count). The Morgan fingerprint density at radius 3 is 2.67 bits per heavy atom. The minimum Gasteiger partial charge on any atom is -0.340 e. The van der Waals surface area contributed by atoms with Crippen molar-refractivity contribution in [1.29, 1.82) is 0 Å². The molecule has 6 nitrogen and oxygen atoms in total. The van der Waals surface area contributed by atoms with Crippen molar-refractivity contribution in [3.8, 4) is 0 Å². The molecule has 0 spiro atoms. The van der Waals surface area contributed by atoms with Crippen LogP contribution in [0.25, 0.3) is 0 Å². The summed E-state index contributed by atoms with van der Waals surface area (Å²) in [6, 6.07) is -0.402. The van der Waals surface area contributed by atoms with Crippen LogP contribution in [0.2, 0.25) is 0 Å². The van der Waals surface area contributed by atoms with Crippen molar-refractivity contribution in [3.05, 3.63) is 18.2 Å². The summed E-state index contributed by atoms with van der Waals surface area (Å²) in [4.78, 5) is 31.4. The number of carbonyl (C=O) groups excluding carboxylic acids is 2. The van der Waals surface area contributed by atoms with E-state index in [1.165, 1.54) is 0 Å². The van der Waals surface area contributed by atoms with Gasteiger partial charge in [0.15, 0.2) is 0 Å². The van der Waals surface area contributed by atoms with Crippen LogP contribution in [0.5, 0.6) is 0 Å². The average Bonchev–Trinajstić information content (AvgIpc) is 3.22. The number of hydrogen-bond acceptors (Lipinski definition) is 3. The third-order valence-electron chi connectivity index (χ3n) is 4.78. The molecule has 2 aliphatic rings. The number of rotatable bonds is 4. The molecule has 2 heterocycles. The van der Waals surface area contributed by atoms with E-state index in [0.29, 0.717) is 13.0 Å². The number of carbonyl (C=O) groups is 2. The quantitative estimate of drug-likeness (QED) is 0.893. The zero-order valence-electron chi connectivity index (χ0n) is 12.8. The standard InChI is InChI=1S/C15H22N4O2/c1-4-11-13(20)17-15(2,10-5-6-10)14(21)19(11)9-12-16-7-8-18(12)3/h7-8,10-11H,4-6,9H2,1-3H3,(H,17,20). The Hall–Kier alpha value is -1.85. The molecule has 21 heavy (non-hydrogen) atoms. The number of hydrogen-bond donors (Lipinski definition) is 1. The molecule has 0 bridgehead atoms. The highest BCUT2D eigenvalue weighted by molar-refractivity contribution is 6.00.